The summed E-state index contributed by atoms with van der Waals surface area (Å²) < 4.78 is 0. The zero-order valence-corrected chi connectivity index (χ0v) is 6.27. The van der Waals surface area contributed by atoms with E-state index < -0.39 is 0 Å². The molecule has 0 saturated carbocycles. The maximum absolute atomic E-state index is 2.54. The maximum atomic E-state index is 2.54. The zero-order chi connectivity index (χ0) is 6.53. The summed E-state index contributed by atoms with van der Waals surface area (Å²) in [7, 11) is 0. The van der Waals surface area contributed by atoms with Crippen molar-refractivity contribution in [2.45, 2.75) is 26.2 Å². The summed E-state index contributed by atoms with van der Waals surface area (Å²) >= 11 is 0. The third-order valence-electron chi connectivity index (χ3n) is 1.93. The Labute approximate surface area is 58.0 Å². The van der Waals surface area contributed by atoms with Crippen LogP contribution in [0.4, 0.5) is 0 Å². The van der Waals surface area contributed by atoms with Gasteiger partial charge in [0.15, 0.2) is 0 Å². The van der Waals surface area contributed by atoms with Gasteiger partial charge in [-0.3, -0.25) is 0 Å². The van der Waals surface area contributed by atoms with E-state index in [2.05, 4.69) is 18.2 Å². The number of nitrogens with zero attached hydrogens (tertiary/aromatic N) is 1. The van der Waals surface area contributed by atoms with E-state index in [1.165, 1.54) is 38.9 Å². The van der Waals surface area contributed by atoms with Crippen LogP contribution in [0.3, 0.4) is 0 Å². The van der Waals surface area contributed by atoms with Crippen LogP contribution < -0.4 is 0 Å². The highest BCUT2D eigenvalue weighted by Gasteiger charge is 2.09. The van der Waals surface area contributed by atoms with Crippen LogP contribution in [0.5, 0.6) is 0 Å². The normalized spacial score (nSPS) is 21.0. The number of rotatable bonds is 3. The summed E-state index contributed by atoms with van der Waals surface area (Å²) in [6, 6.07) is 0. The summed E-state index contributed by atoms with van der Waals surface area (Å²) in [6.07, 6.45) is 6.35. The molecule has 0 unspecified atom stereocenters. The van der Waals surface area contributed by atoms with Gasteiger partial charge in [-0.15, -0.1) is 0 Å². The summed E-state index contributed by atoms with van der Waals surface area (Å²) in [5.74, 6) is 0. The highest BCUT2D eigenvalue weighted by atomic mass is 15.1. The van der Waals surface area contributed by atoms with Gasteiger partial charge in [0.2, 0.25) is 0 Å². The third-order valence-corrected chi connectivity index (χ3v) is 1.93. The first-order chi connectivity index (χ1) is 4.43. The molecule has 1 nitrogen and oxygen atoms in total. The molecule has 0 aliphatic carbocycles. The number of unbranched alkanes of at least 4 members (excludes halogenated alkanes) is 1. The average Bonchev–Trinajstić information content (AvgIpc) is 2.34. The SMILES string of the molecule is C[CH]CCN1CCCC1. The van der Waals surface area contributed by atoms with Gasteiger partial charge in [0.05, 0.1) is 0 Å². The topological polar surface area (TPSA) is 3.24 Å². The molecule has 0 aromatic heterocycles. The minimum atomic E-state index is 1.26. The Balaban J connectivity index is 1.98. The molecule has 1 saturated heterocycles. The summed E-state index contributed by atoms with van der Waals surface area (Å²) in [6.45, 7) is 6.11. The van der Waals surface area contributed by atoms with Crippen molar-refractivity contribution in [3.8, 4) is 0 Å². The van der Waals surface area contributed by atoms with E-state index in [0.717, 1.165) is 0 Å². The molecule has 0 N–H and O–H groups in total. The first kappa shape index (κ1) is 7.07. The quantitative estimate of drug-likeness (QED) is 0.556. The monoisotopic (exact) mass is 126 g/mol. The molecule has 53 valence electrons. The molecule has 1 fully saturated rings. The predicted molar refractivity (Wildman–Crippen MR) is 40.3 cm³/mol. The first-order valence-corrected chi connectivity index (χ1v) is 3.93. The van der Waals surface area contributed by atoms with Crippen LogP contribution in [-0.4, -0.2) is 24.5 Å². The second-order valence-corrected chi connectivity index (χ2v) is 2.75. The Hall–Kier alpha value is -0.0400. The minimum Gasteiger partial charge on any atom is -0.303 e. The van der Waals surface area contributed by atoms with Crippen LogP contribution in [0.25, 0.3) is 0 Å². The maximum Gasteiger partial charge on any atom is -0.00161 e. The molecule has 0 aromatic rings. The van der Waals surface area contributed by atoms with Crippen LogP contribution in [0.15, 0.2) is 0 Å². The van der Waals surface area contributed by atoms with Gasteiger partial charge in [0.1, 0.15) is 0 Å². The standard InChI is InChI=1S/C8H16N/c1-2-3-6-9-7-4-5-8-9/h2H,3-8H2,1H3. The minimum absolute atomic E-state index is 1.26. The highest BCUT2D eigenvalue weighted by Crippen LogP contribution is 2.07. The smallest absolute Gasteiger partial charge is 0.00161 e. The van der Waals surface area contributed by atoms with Crippen molar-refractivity contribution < 1.29 is 0 Å². The van der Waals surface area contributed by atoms with Crippen molar-refractivity contribution >= 4 is 0 Å². The molecule has 1 heteroatoms. The van der Waals surface area contributed by atoms with Gasteiger partial charge >= 0.3 is 0 Å². The fourth-order valence-corrected chi connectivity index (χ4v) is 1.32. The Morgan fingerprint density at radius 2 is 2.00 bits per heavy atom. The van der Waals surface area contributed by atoms with E-state index in [-0.39, 0.29) is 0 Å². The Morgan fingerprint density at radius 3 is 2.56 bits per heavy atom. The van der Waals surface area contributed by atoms with E-state index in [1.54, 1.807) is 0 Å². The fourth-order valence-electron chi connectivity index (χ4n) is 1.32. The number of likely N-dealkylation sites (tertiary alicyclic amines) is 1. The van der Waals surface area contributed by atoms with E-state index in [9.17, 15) is 0 Å². The van der Waals surface area contributed by atoms with Crippen LogP contribution in [0.2, 0.25) is 0 Å². The van der Waals surface area contributed by atoms with Crippen molar-refractivity contribution in [2.75, 3.05) is 19.6 Å². The molecule has 0 spiro atoms. The van der Waals surface area contributed by atoms with E-state index in [4.69, 9.17) is 0 Å². The molecule has 1 heterocycles. The largest absolute Gasteiger partial charge is 0.303 e. The fraction of sp³-hybridized carbons (Fsp3) is 0.875. The Kier molecular flexibility index (Phi) is 3.05. The molecule has 0 aromatic carbocycles. The number of hydrogen-bond donors (Lipinski definition) is 0. The van der Waals surface area contributed by atoms with Gasteiger partial charge < -0.3 is 4.90 Å². The average molecular weight is 126 g/mol. The Bertz CT molecular complexity index is 65.0. The zero-order valence-electron chi connectivity index (χ0n) is 6.27. The van der Waals surface area contributed by atoms with Crippen LogP contribution >= 0.6 is 0 Å². The Morgan fingerprint density at radius 1 is 1.33 bits per heavy atom. The lowest BCUT2D eigenvalue weighted by molar-refractivity contribution is 0.342. The second kappa shape index (κ2) is 3.89. The van der Waals surface area contributed by atoms with Gasteiger partial charge in [-0.2, -0.15) is 0 Å². The van der Waals surface area contributed by atoms with Crippen LogP contribution in [0, 0.1) is 6.42 Å². The molecule has 1 aliphatic heterocycles. The second-order valence-electron chi connectivity index (χ2n) is 2.75. The lowest BCUT2D eigenvalue weighted by atomic mass is 10.3. The lowest BCUT2D eigenvalue weighted by Crippen LogP contribution is -2.19. The van der Waals surface area contributed by atoms with Crippen molar-refractivity contribution in [1.29, 1.82) is 0 Å². The van der Waals surface area contributed by atoms with Crippen molar-refractivity contribution in [1.82, 2.24) is 4.90 Å². The molecule has 1 rings (SSSR count). The summed E-state index contributed by atoms with van der Waals surface area (Å²) in [5, 5.41) is 0. The summed E-state index contributed by atoms with van der Waals surface area (Å²) in [5.41, 5.74) is 0. The van der Waals surface area contributed by atoms with Crippen molar-refractivity contribution in [3.63, 3.8) is 0 Å². The van der Waals surface area contributed by atoms with Gasteiger partial charge in [-0.25, -0.2) is 0 Å². The molecule has 0 amide bonds. The lowest BCUT2D eigenvalue weighted by Gasteiger charge is -2.12. The molecular formula is C8H16N. The van der Waals surface area contributed by atoms with Gasteiger partial charge in [-0.05, 0) is 45.3 Å². The molecule has 9 heavy (non-hydrogen) atoms. The van der Waals surface area contributed by atoms with Crippen molar-refractivity contribution in [3.05, 3.63) is 6.42 Å². The van der Waals surface area contributed by atoms with Crippen molar-refractivity contribution in [2.24, 2.45) is 0 Å². The highest BCUT2D eigenvalue weighted by molar-refractivity contribution is 4.68. The molecule has 0 bridgehead atoms. The molecule has 1 radical (unpaired) electrons. The number of hydrogen-bond acceptors (Lipinski definition) is 1. The third kappa shape index (κ3) is 2.35. The van der Waals surface area contributed by atoms with Gasteiger partial charge in [0.25, 0.3) is 0 Å². The van der Waals surface area contributed by atoms with E-state index in [1.807, 2.05) is 0 Å². The van der Waals surface area contributed by atoms with E-state index in [0.29, 0.717) is 0 Å². The van der Waals surface area contributed by atoms with Gasteiger partial charge in [-0.1, -0.05) is 6.92 Å². The molecule has 1 aliphatic rings. The van der Waals surface area contributed by atoms with Crippen LogP contribution in [-0.2, 0) is 0 Å². The predicted octanol–water partition coefficient (Wildman–Crippen LogP) is 1.70. The summed E-state index contributed by atoms with van der Waals surface area (Å²) in [4.78, 5) is 2.54. The van der Waals surface area contributed by atoms with Crippen LogP contribution in [0.1, 0.15) is 26.2 Å². The van der Waals surface area contributed by atoms with Gasteiger partial charge in [0, 0.05) is 0 Å². The molecular weight excluding hydrogens is 110 g/mol. The first-order valence-electron chi connectivity index (χ1n) is 3.93. The molecule has 0 atom stereocenters. The van der Waals surface area contributed by atoms with E-state index >= 15 is 0 Å².